The van der Waals surface area contributed by atoms with Gasteiger partial charge in [0.2, 0.25) is 29.5 Å². The quantitative estimate of drug-likeness (QED) is 0.167. The molecule has 1 aromatic carbocycles. The lowest BCUT2D eigenvalue weighted by Gasteiger charge is -2.41. The van der Waals surface area contributed by atoms with E-state index in [4.69, 9.17) is 9.47 Å². The fourth-order valence-electron chi connectivity index (χ4n) is 8.23. The van der Waals surface area contributed by atoms with E-state index in [1.54, 1.807) is 38.0 Å². The minimum atomic E-state index is -0.812. The van der Waals surface area contributed by atoms with Crippen molar-refractivity contribution in [2.45, 2.75) is 149 Å². The molecule has 13 nitrogen and oxygen atoms in total. The van der Waals surface area contributed by atoms with Gasteiger partial charge in [-0.2, -0.15) is 0 Å². The fourth-order valence-corrected chi connectivity index (χ4v) is 8.23. The zero-order valence-electron chi connectivity index (χ0n) is 37.7. The van der Waals surface area contributed by atoms with E-state index in [-0.39, 0.29) is 59.8 Å². The van der Waals surface area contributed by atoms with E-state index in [1.807, 2.05) is 112 Å². The number of carbonyl (C=O) groups excluding carboxylic acids is 5. The van der Waals surface area contributed by atoms with Crippen molar-refractivity contribution in [3.05, 3.63) is 35.9 Å². The van der Waals surface area contributed by atoms with Gasteiger partial charge in [-0.25, -0.2) is 0 Å². The van der Waals surface area contributed by atoms with E-state index < -0.39 is 47.8 Å². The number of likely N-dealkylation sites (N-methyl/N-ethyl adjacent to an activating group) is 2. The molecule has 1 aromatic rings. The summed E-state index contributed by atoms with van der Waals surface area (Å²) in [6, 6.07) is 6.72. The smallest absolute Gasteiger partial charge is 0.245 e. The SMILES string of the molecule is CC[C@H](C)[C@@H](C(CC(=O)N1CCC[C@H]1[C@H](OC)[C@@H](C)C(=O)N[C@@H](Cc1ccccc1)C(=O)NC(C)(C)C)OC)N(C)C(=O)[C@@H](NC(=O)[C@H](C(C)C)N(C)C)C(C)C. The molecule has 1 saturated heterocycles. The van der Waals surface area contributed by atoms with Crippen LogP contribution in [0.15, 0.2) is 30.3 Å². The van der Waals surface area contributed by atoms with Crippen LogP contribution in [-0.4, -0.2) is 134 Å². The minimum Gasteiger partial charge on any atom is -0.379 e. The van der Waals surface area contributed by atoms with Crippen molar-refractivity contribution in [2.24, 2.45) is 23.7 Å². The molecule has 1 unspecified atom stereocenters. The Kier molecular flexibility index (Phi) is 19.6. The summed E-state index contributed by atoms with van der Waals surface area (Å²) in [5, 5.41) is 9.04. The van der Waals surface area contributed by atoms with Crippen LogP contribution in [0.3, 0.4) is 0 Å². The third-order valence-electron chi connectivity index (χ3n) is 11.4. The van der Waals surface area contributed by atoms with E-state index in [1.165, 1.54) is 0 Å². The predicted octanol–water partition coefficient (Wildman–Crippen LogP) is 4.28. The minimum absolute atomic E-state index is 0.0114. The van der Waals surface area contributed by atoms with Gasteiger partial charge in [-0.3, -0.25) is 28.9 Å². The molecule has 1 aliphatic heterocycles. The molecule has 2 rings (SSSR count). The largest absolute Gasteiger partial charge is 0.379 e. The molecule has 0 aromatic heterocycles. The van der Waals surface area contributed by atoms with Crippen molar-refractivity contribution in [2.75, 3.05) is 41.9 Å². The van der Waals surface area contributed by atoms with E-state index in [0.29, 0.717) is 19.4 Å². The summed E-state index contributed by atoms with van der Waals surface area (Å²) in [5.74, 6) is -2.07. The number of likely N-dealkylation sites (tertiary alicyclic amines) is 1. The zero-order valence-corrected chi connectivity index (χ0v) is 37.7. The molecule has 324 valence electrons. The predicted molar refractivity (Wildman–Crippen MR) is 225 cm³/mol. The Bertz CT molecular complexity index is 1440. The number of ether oxygens (including phenoxy) is 2. The Morgan fingerprint density at radius 2 is 1.47 bits per heavy atom. The summed E-state index contributed by atoms with van der Waals surface area (Å²) in [6.45, 7) is 19.8. The van der Waals surface area contributed by atoms with Crippen LogP contribution in [-0.2, 0) is 39.9 Å². The van der Waals surface area contributed by atoms with Gasteiger partial charge in [0.25, 0.3) is 0 Å². The molecule has 0 radical (unpaired) electrons. The van der Waals surface area contributed by atoms with Gasteiger partial charge < -0.3 is 35.2 Å². The van der Waals surface area contributed by atoms with E-state index in [9.17, 15) is 24.0 Å². The van der Waals surface area contributed by atoms with Crippen LogP contribution in [0, 0.1) is 23.7 Å². The number of rotatable bonds is 21. The molecule has 1 heterocycles. The van der Waals surface area contributed by atoms with Gasteiger partial charge in [0.15, 0.2) is 0 Å². The van der Waals surface area contributed by atoms with Gasteiger partial charge in [-0.15, -0.1) is 0 Å². The van der Waals surface area contributed by atoms with Crippen molar-refractivity contribution in [3.63, 3.8) is 0 Å². The summed E-state index contributed by atoms with van der Waals surface area (Å²) in [6.07, 6.45) is 1.16. The second-order valence-corrected chi connectivity index (χ2v) is 18.0. The second kappa shape index (κ2) is 22.6. The first kappa shape index (κ1) is 49.6. The summed E-state index contributed by atoms with van der Waals surface area (Å²) in [7, 11) is 8.55. The highest BCUT2D eigenvalue weighted by Crippen LogP contribution is 2.30. The first-order valence-electron chi connectivity index (χ1n) is 20.8. The number of carbonyl (C=O) groups is 5. The van der Waals surface area contributed by atoms with Gasteiger partial charge in [-0.05, 0) is 71.0 Å². The first-order chi connectivity index (χ1) is 26.6. The molecule has 0 spiro atoms. The number of hydrogen-bond donors (Lipinski definition) is 3. The van der Waals surface area contributed by atoms with Crippen molar-refractivity contribution < 1.29 is 33.4 Å². The van der Waals surface area contributed by atoms with E-state index >= 15 is 0 Å². The van der Waals surface area contributed by atoms with Crippen molar-refractivity contribution in [1.29, 1.82) is 0 Å². The molecule has 0 bridgehead atoms. The van der Waals surface area contributed by atoms with Gasteiger partial charge in [-0.1, -0.05) is 85.2 Å². The average molecular weight is 801 g/mol. The average Bonchev–Trinajstić information content (AvgIpc) is 3.62. The maximum Gasteiger partial charge on any atom is 0.245 e. The summed E-state index contributed by atoms with van der Waals surface area (Å²) < 4.78 is 12.0. The highest BCUT2D eigenvalue weighted by molar-refractivity contribution is 5.91. The lowest BCUT2D eigenvalue weighted by Crippen LogP contribution is -2.59. The van der Waals surface area contributed by atoms with Crippen LogP contribution in [0.25, 0.3) is 0 Å². The third-order valence-corrected chi connectivity index (χ3v) is 11.4. The third kappa shape index (κ3) is 14.1. The lowest BCUT2D eigenvalue weighted by atomic mass is 9.89. The van der Waals surface area contributed by atoms with Gasteiger partial charge in [0, 0.05) is 39.8 Å². The number of amides is 5. The van der Waals surface area contributed by atoms with Crippen LogP contribution in [0.1, 0.15) is 100 Å². The highest BCUT2D eigenvalue weighted by Gasteiger charge is 2.43. The van der Waals surface area contributed by atoms with Gasteiger partial charge >= 0.3 is 0 Å². The molecule has 13 heteroatoms. The van der Waals surface area contributed by atoms with Gasteiger partial charge in [0.1, 0.15) is 12.1 Å². The Morgan fingerprint density at radius 1 is 0.860 bits per heavy atom. The molecule has 1 aliphatic rings. The van der Waals surface area contributed by atoms with Crippen molar-refractivity contribution in [1.82, 2.24) is 30.7 Å². The van der Waals surface area contributed by atoms with Crippen LogP contribution < -0.4 is 16.0 Å². The van der Waals surface area contributed by atoms with Crippen molar-refractivity contribution >= 4 is 29.5 Å². The lowest BCUT2D eigenvalue weighted by molar-refractivity contribution is -0.148. The number of benzene rings is 1. The molecule has 57 heavy (non-hydrogen) atoms. The number of nitrogens with zero attached hydrogens (tertiary/aromatic N) is 3. The fraction of sp³-hybridized carbons (Fsp3) is 0.750. The normalized spacial score (nSPS) is 19.0. The van der Waals surface area contributed by atoms with Crippen molar-refractivity contribution in [3.8, 4) is 0 Å². The van der Waals surface area contributed by atoms with Gasteiger partial charge in [0.05, 0.1) is 42.7 Å². The summed E-state index contributed by atoms with van der Waals surface area (Å²) in [5.41, 5.74) is 0.424. The number of nitrogens with one attached hydrogen (secondary N) is 3. The molecule has 3 N–H and O–H groups in total. The molecule has 5 amide bonds. The highest BCUT2D eigenvalue weighted by atomic mass is 16.5. The molecule has 1 fully saturated rings. The number of methoxy groups -OCH3 is 2. The summed E-state index contributed by atoms with van der Waals surface area (Å²) >= 11 is 0. The summed E-state index contributed by atoms with van der Waals surface area (Å²) in [4.78, 5) is 74.7. The van der Waals surface area contributed by atoms with E-state index in [0.717, 1.165) is 18.4 Å². The standard InChI is InChI=1S/C44H76N6O7/c1-16-29(6)38(49(13)43(55)36(27(2)3)46-42(54)37(28(4)5)48(11)12)34(56-14)26-35(51)50-24-20-23-33(50)39(57-15)30(7)40(52)45-32(41(53)47-44(8,9)10)25-31-21-18-17-19-22-31/h17-19,21-22,27-30,32-34,36-39H,16,20,23-26H2,1-15H3,(H,45,52)(H,46,54)(H,47,53)/t29-,30+,32-,33-,34?,36-,37-,38-,39+/m0/s1. The molecular weight excluding hydrogens is 725 g/mol. The zero-order chi connectivity index (χ0) is 43.4. The Morgan fingerprint density at radius 3 is 1.96 bits per heavy atom. The Balaban J connectivity index is 2.32. The number of hydrogen-bond acceptors (Lipinski definition) is 8. The molecule has 9 atom stereocenters. The second-order valence-electron chi connectivity index (χ2n) is 18.0. The van der Waals surface area contributed by atoms with E-state index in [2.05, 4.69) is 16.0 Å². The monoisotopic (exact) mass is 801 g/mol. The first-order valence-corrected chi connectivity index (χ1v) is 20.8. The van der Waals surface area contributed by atoms with Crippen LogP contribution in [0.5, 0.6) is 0 Å². The Labute approximate surface area is 343 Å². The molecule has 0 aliphatic carbocycles. The molecular formula is C44H76N6O7. The van der Waals surface area contributed by atoms with Crippen LogP contribution >= 0.6 is 0 Å². The maximum atomic E-state index is 14.3. The maximum absolute atomic E-state index is 14.3. The van der Waals surface area contributed by atoms with Crippen LogP contribution in [0.2, 0.25) is 0 Å². The Hall–Kier alpha value is -3.55. The topological polar surface area (TPSA) is 150 Å². The molecule has 0 saturated carbocycles. The van der Waals surface area contributed by atoms with Crippen LogP contribution in [0.4, 0.5) is 0 Å².